The number of carbonyl (C=O) groups excluding carboxylic acids is 1. The fourth-order valence-electron chi connectivity index (χ4n) is 3.93. The van der Waals surface area contributed by atoms with Gasteiger partial charge in [0, 0.05) is 12.3 Å². The number of benzene rings is 2. The average molecular weight is 414 g/mol. The van der Waals surface area contributed by atoms with E-state index in [1.165, 1.54) is 10.8 Å². The summed E-state index contributed by atoms with van der Waals surface area (Å²) in [7, 11) is 0. The van der Waals surface area contributed by atoms with Crippen LogP contribution in [0.2, 0.25) is 0 Å². The third kappa shape index (κ3) is 7.41. The molecule has 0 saturated carbocycles. The Kier molecular flexibility index (Phi) is 9.32. The van der Waals surface area contributed by atoms with E-state index in [2.05, 4.69) is 43.4 Å². The number of rotatable bonds is 11. The molecule has 2 atom stereocenters. The maximum Gasteiger partial charge on any atom is 0.220 e. The lowest BCUT2D eigenvalue weighted by Gasteiger charge is -2.31. The lowest BCUT2D eigenvalue weighted by Crippen LogP contribution is -2.37. The van der Waals surface area contributed by atoms with Crippen molar-refractivity contribution in [2.75, 3.05) is 0 Å². The van der Waals surface area contributed by atoms with Crippen LogP contribution < -0.4 is 5.32 Å². The van der Waals surface area contributed by atoms with E-state index in [0.29, 0.717) is 12.3 Å². The minimum absolute atomic E-state index is 0.00881. The zero-order valence-corrected chi connectivity index (χ0v) is 19.6. The Morgan fingerprint density at radius 2 is 1.47 bits per heavy atom. The van der Waals surface area contributed by atoms with Crippen LogP contribution in [0, 0.1) is 11.8 Å². The molecule has 30 heavy (non-hydrogen) atoms. The first-order chi connectivity index (χ1) is 14.2. The number of hydrogen-bond donors (Lipinski definition) is 1. The molecule has 0 heterocycles. The van der Waals surface area contributed by atoms with Gasteiger partial charge >= 0.3 is 0 Å². The van der Waals surface area contributed by atoms with E-state index in [-0.39, 0.29) is 36.4 Å². The minimum Gasteiger partial charge on any atom is -0.350 e. The number of carbonyl (C=O) groups is 1. The highest BCUT2D eigenvalue weighted by molar-refractivity contribution is 5.86. The first-order valence-electron chi connectivity index (χ1n) is 11.2. The zero-order chi connectivity index (χ0) is 22.3. The highest BCUT2D eigenvalue weighted by Crippen LogP contribution is 2.27. The summed E-state index contributed by atoms with van der Waals surface area (Å²) in [5.41, 5.74) is 1.13. The van der Waals surface area contributed by atoms with Gasteiger partial charge in [-0.3, -0.25) is 4.79 Å². The molecule has 1 N–H and O–H groups in total. The second-order valence-electron chi connectivity index (χ2n) is 9.19. The first kappa shape index (κ1) is 24.4. The quantitative estimate of drug-likeness (QED) is 0.443. The molecule has 0 aliphatic heterocycles. The van der Waals surface area contributed by atoms with Crippen LogP contribution in [0.4, 0.5) is 0 Å². The fraction of sp³-hybridized carbons (Fsp3) is 0.577. The van der Waals surface area contributed by atoms with Crippen molar-refractivity contribution in [1.82, 2.24) is 5.32 Å². The van der Waals surface area contributed by atoms with Crippen LogP contribution in [0.5, 0.6) is 0 Å². The van der Waals surface area contributed by atoms with Gasteiger partial charge in [-0.25, -0.2) is 0 Å². The van der Waals surface area contributed by atoms with Crippen LogP contribution in [0.1, 0.15) is 72.9 Å². The average Bonchev–Trinajstić information content (AvgIpc) is 2.65. The summed E-state index contributed by atoms with van der Waals surface area (Å²) in [4.78, 5) is 13.0. The molecule has 0 radical (unpaired) electrons. The van der Waals surface area contributed by atoms with Crippen molar-refractivity contribution in [3.05, 3.63) is 48.0 Å². The molecular weight excluding hydrogens is 374 g/mol. The molecule has 1 amide bonds. The van der Waals surface area contributed by atoms with Gasteiger partial charge in [0.2, 0.25) is 5.91 Å². The van der Waals surface area contributed by atoms with Crippen LogP contribution in [0.15, 0.2) is 42.5 Å². The summed E-state index contributed by atoms with van der Waals surface area (Å²) < 4.78 is 12.1. The van der Waals surface area contributed by atoms with E-state index in [4.69, 9.17) is 9.47 Å². The fourth-order valence-corrected chi connectivity index (χ4v) is 3.93. The maximum absolute atomic E-state index is 13.0. The van der Waals surface area contributed by atoms with Gasteiger partial charge in [-0.1, -0.05) is 56.3 Å². The Morgan fingerprint density at radius 1 is 0.867 bits per heavy atom. The van der Waals surface area contributed by atoms with E-state index in [0.717, 1.165) is 12.0 Å². The van der Waals surface area contributed by atoms with Crippen molar-refractivity contribution in [2.45, 2.75) is 85.8 Å². The molecule has 0 spiro atoms. The zero-order valence-electron chi connectivity index (χ0n) is 19.6. The number of amides is 1. The van der Waals surface area contributed by atoms with Gasteiger partial charge in [0.25, 0.3) is 0 Å². The van der Waals surface area contributed by atoms with Crippen molar-refractivity contribution in [2.24, 2.45) is 11.8 Å². The maximum atomic E-state index is 13.0. The van der Waals surface area contributed by atoms with Gasteiger partial charge in [0.1, 0.15) is 0 Å². The summed E-state index contributed by atoms with van der Waals surface area (Å²) in [6.07, 6.45) is 0.963. The third-order valence-electron chi connectivity index (χ3n) is 5.09. The molecule has 0 fully saturated rings. The predicted octanol–water partition coefficient (Wildman–Crippen LogP) is 6.25. The molecule has 0 aromatic heterocycles. The van der Waals surface area contributed by atoms with Gasteiger partial charge in [-0.2, -0.15) is 0 Å². The number of fused-ring (bicyclic) bond motifs is 1. The van der Waals surface area contributed by atoms with Crippen LogP contribution in [-0.4, -0.2) is 24.4 Å². The second-order valence-corrected chi connectivity index (χ2v) is 9.19. The van der Waals surface area contributed by atoms with Crippen LogP contribution in [-0.2, 0) is 14.3 Å². The molecule has 0 aliphatic carbocycles. The highest BCUT2D eigenvalue weighted by Gasteiger charge is 2.29. The lowest BCUT2D eigenvalue weighted by atomic mass is 9.92. The topological polar surface area (TPSA) is 47.6 Å². The van der Waals surface area contributed by atoms with Gasteiger partial charge in [0.05, 0.1) is 18.2 Å². The Hall–Kier alpha value is -1.91. The van der Waals surface area contributed by atoms with Crippen LogP contribution >= 0.6 is 0 Å². The Balaban J connectivity index is 2.13. The van der Waals surface area contributed by atoms with E-state index in [9.17, 15) is 4.79 Å². The molecular formula is C26H39NO3. The molecule has 2 rings (SSSR count). The molecule has 0 bridgehead atoms. The van der Waals surface area contributed by atoms with Crippen molar-refractivity contribution in [1.29, 1.82) is 0 Å². The van der Waals surface area contributed by atoms with Gasteiger partial charge in [-0.05, 0) is 63.3 Å². The van der Waals surface area contributed by atoms with E-state index < -0.39 is 0 Å². The van der Waals surface area contributed by atoms with Crippen molar-refractivity contribution >= 4 is 16.7 Å². The van der Waals surface area contributed by atoms with Gasteiger partial charge in [-0.15, -0.1) is 0 Å². The SMILES string of the molecule is CC(C)CC(CC(=O)NC(C)c1cccc2ccccc12)C(OC(C)C)OC(C)C. The number of nitrogens with one attached hydrogen (secondary N) is 1. The molecule has 4 nitrogen and oxygen atoms in total. The molecule has 2 aromatic rings. The largest absolute Gasteiger partial charge is 0.350 e. The van der Waals surface area contributed by atoms with E-state index in [1.807, 2.05) is 52.8 Å². The number of ether oxygens (including phenoxy) is 2. The molecule has 0 saturated heterocycles. The van der Waals surface area contributed by atoms with Crippen molar-refractivity contribution < 1.29 is 14.3 Å². The molecule has 2 unspecified atom stereocenters. The van der Waals surface area contributed by atoms with E-state index in [1.54, 1.807) is 0 Å². The summed E-state index contributed by atoms with van der Waals surface area (Å²) >= 11 is 0. The number of hydrogen-bond acceptors (Lipinski definition) is 3. The normalized spacial score (nSPS) is 14.1. The monoisotopic (exact) mass is 413 g/mol. The summed E-state index contributed by atoms with van der Waals surface area (Å²) in [6, 6.07) is 14.4. The van der Waals surface area contributed by atoms with Crippen molar-refractivity contribution in [3.8, 4) is 0 Å². The molecule has 0 aliphatic rings. The van der Waals surface area contributed by atoms with Crippen LogP contribution in [0.3, 0.4) is 0 Å². The van der Waals surface area contributed by atoms with Gasteiger partial charge < -0.3 is 14.8 Å². The van der Waals surface area contributed by atoms with Gasteiger partial charge in [0.15, 0.2) is 6.29 Å². The summed E-state index contributed by atoms with van der Waals surface area (Å²) in [5, 5.41) is 5.56. The smallest absolute Gasteiger partial charge is 0.220 e. The summed E-state index contributed by atoms with van der Waals surface area (Å²) in [6.45, 7) is 14.4. The van der Waals surface area contributed by atoms with E-state index >= 15 is 0 Å². The summed E-state index contributed by atoms with van der Waals surface area (Å²) in [5.74, 6) is 0.493. The third-order valence-corrected chi connectivity index (χ3v) is 5.09. The Morgan fingerprint density at radius 3 is 2.07 bits per heavy atom. The second kappa shape index (κ2) is 11.5. The first-order valence-corrected chi connectivity index (χ1v) is 11.2. The van der Waals surface area contributed by atoms with Crippen LogP contribution in [0.25, 0.3) is 10.8 Å². The Labute approximate surface area is 182 Å². The lowest BCUT2D eigenvalue weighted by molar-refractivity contribution is -0.211. The molecule has 166 valence electrons. The van der Waals surface area contributed by atoms with Crippen molar-refractivity contribution in [3.63, 3.8) is 0 Å². The standard InChI is InChI=1S/C26H39NO3/c1-17(2)15-22(26(29-18(3)4)30-19(5)6)16-25(28)27-20(7)23-14-10-12-21-11-8-9-13-24(21)23/h8-14,17-20,22,26H,15-16H2,1-7H3,(H,27,28). The minimum atomic E-state index is -0.383. The molecule has 4 heteroatoms. The molecule has 2 aromatic carbocycles. The highest BCUT2D eigenvalue weighted by atomic mass is 16.7. The predicted molar refractivity (Wildman–Crippen MR) is 124 cm³/mol. The Bertz CT molecular complexity index is 784.